The lowest BCUT2D eigenvalue weighted by atomic mass is 9.35. The van der Waals surface area contributed by atoms with Crippen molar-refractivity contribution in [2.75, 3.05) is 6.61 Å². The Morgan fingerprint density at radius 2 is 1.63 bits per heavy atom. The molecule has 2 heterocycles. The van der Waals surface area contributed by atoms with Crippen LogP contribution in [-0.4, -0.2) is 57.8 Å². The molecule has 7 nitrogen and oxygen atoms in total. The summed E-state index contributed by atoms with van der Waals surface area (Å²) in [7, 11) is 0. The van der Waals surface area contributed by atoms with Crippen molar-refractivity contribution in [3.63, 3.8) is 0 Å². The van der Waals surface area contributed by atoms with Crippen LogP contribution in [0.5, 0.6) is 0 Å². The van der Waals surface area contributed by atoms with Crippen LogP contribution in [0.4, 0.5) is 0 Å². The summed E-state index contributed by atoms with van der Waals surface area (Å²) in [5.41, 5.74) is -3.01. The molecule has 324 valence electrons. The van der Waals surface area contributed by atoms with Gasteiger partial charge in [-0.3, -0.25) is 4.79 Å². The summed E-state index contributed by atoms with van der Waals surface area (Å²) in [6, 6.07) is 10.6. The normalized spacial score (nSPS) is 39.2. The lowest BCUT2D eigenvalue weighted by Crippen LogP contribution is -2.79. The smallest absolute Gasteiger partial charge is 0.331 e. The van der Waals surface area contributed by atoms with Gasteiger partial charge in [-0.05, 0) is 137 Å². The Hall–Kier alpha value is -2.66. The van der Waals surface area contributed by atoms with E-state index in [1.54, 1.807) is 6.08 Å². The monoisotopic (exact) mass is 811 g/mol. The molecule has 5 aliphatic carbocycles. The SMILES string of the molecule is C[C@H](CCCc1ccccc1)CC[C@H](O)[C@]12[C@@H]([C@@H]3C[C@](C)(C#CC[C@@]4(CCCC5(CCCC5)C4)C(=O)O3)[C@]1(O)CCC1=CC(=O)OC1)[C@](C)(C1CCCCC1)CC[C@@H]2O. The van der Waals surface area contributed by atoms with Gasteiger partial charge in [-0.2, -0.15) is 0 Å². The molecule has 7 aliphatic rings. The van der Waals surface area contributed by atoms with Crippen molar-refractivity contribution in [1.82, 2.24) is 0 Å². The number of benzene rings is 1. The average Bonchev–Trinajstić information content (AvgIpc) is 3.88. The number of esters is 2. The third-order valence-corrected chi connectivity index (χ3v) is 18.1. The molecule has 0 radical (unpaired) electrons. The summed E-state index contributed by atoms with van der Waals surface area (Å²) in [6.45, 7) is 6.83. The summed E-state index contributed by atoms with van der Waals surface area (Å²) in [5, 5.41) is 40.6. The molecular weight excluding hydrogens is 737 g/mol. The number of aryl methyl sites for hydroxylation is 1. The van der Waals surface area contributed by atoms with Gasteiger partial charge >= 0.3 is 11.9 Å². The number of carbonyl (C=O) groups is 2. The Bertz CT molecular complexity index is 1760. The minimum atomic E-state index is -1.67. The van der Waals surface area contributed by atoms with E-state index in [1.807, 2.05) is 6.92 Å². The van der Waals surface area contributed by atoms with Gasteiger partial charge in [-0.25, -0.2) is 4.79 Å². The topological polar surface area (TPSA) is 113 Å². The largest absolute Gasteiger partial charge is 0.462 e. The fraction of sp³-hybridized carbons (Fsp3) is 0.769. The van der Waals surface area contributed by atoms with Crippen LogP contribution in [0.2, 0.25) is 0 Å². The van der Waals surface area contributed by atoms with Gasteiger partial charge < -0.3 is 24.8 Å². The van der Waals surface area contributed by atoms with Gasteiger partial charge in [0.15, 0.2) is 0 Å². The molecule has 2 bridgehead atoms. The molecule has 1 aromatic rings. The zero-order chi connectivity index (χ0) is 41.5. The number of aliphatic hydroxyl groups is 3. The van der Waals surface area contributed by atoms with E-state index in [1.165, 1.54) is 24.8 Å². The molecule has 5 fully saturated rings. The highest BCUT2D eigenvalue weighted by molar-refractivity contribution is 5.85. The molecule has 0 saturated heterocycles. The van der Waals surface area contributed by atoms with Crippen molar-refractivity contribution in [1.29, 1.82) is 0 Å². The second-order valence-electron chi connectivity index (χ2n) is 21.6. The highest BCUT2D eigenvalue weighted by Crippen LogP contribution is 2.72. The zero-order valence-corrected chi connectivity index (χ0v) is 36.6. The van der Waals surface area contributed by atoms with E-state index in [-0.39, 0.29) is 30.4 Å². The number of carbonyl (C=O) groups excluding carboxylic acids is 2. The molecule has 0 unspecified atom stereocenters. The Kier molecular flexibility index (Phi) is 12.3. The second-order valence-corrected chi connectivity index (χ2v) is 21.6. The number of hydrogen-bond acceptors (Lipinski definition) is 7. The molecule has 2 aliphatic heterocycles. The Labute approximate surface area is 354 Å². The van der Waals surface area contributed by atoms with Crippen LogP contribution in [0, 0.1) is 56.7 Å². The minimum Gasteiger partial charge on any atom is -0.462 e. The number of fused-ring (bicyclic) bond motifs is 4. The van der Waals surface area contributed by atoms with E-state index >= 15 is 4.79 Å². The van der Waals surface area contributed by atoms with Crippen LogP contribution in [0.3, 0.4) is 0 Å². The maximum absolute atomic E-state index is 15.2. The molecule has 0 aromatic heterocycles. The first kappa shape index (κ1) is 43.0. The molecule has 0 amide bonds. The number of hydrogen-bond donors (Lipinski definition) is 3. The van der Waals surface area contributed by atoms with E-state index in [0.29, 0.717) is 43.9 Å². The predicted octanol–water partition coefficient (Wildman–Crippen LogP) is 9.97. The van der Waals surface area contributed by atoms with E-state index in [4.69, 9.17) is 9.47 Å². The van der Waals surface area contributed by atoms with E-state index in [0.717, 1.165) is 102 Å². The van der Waals surface area contributed by atoms with Gasteiger partial charge in [-0.1, -0.05) is 95.0 Å². The number of ether oxygens (including phenoxy) is 2. The molecule has 7 heteroatoms. The van der Waals surface area contributed by atoms with Gasteiger partial charge in [-0.15, -0.1) is 5.92 Å². The van der Waals surface area contributed by atoms with Crippen LogP contribution in [0.25, 0.3) is 0 Å². The summed E-state index contributed by atoms with van der Waals surface area (Å²) in [6.07, 6.45) is 19.7. The first-order valence-corrected chi connectivity index (χ1v) is 24.0. The average molecular weight is 811 g/mol. The van der Waals surface area contributed by atoms with Gasteiger partial charge in [0.05, 0.1) is 34.1 Å². The van der Waals surface area contributed by atoms with Crippen molar-refractivity contribution in [2.24, 2.45) is 44.8 Å². The first-order chi connectivity index (χ1) is 28.3. The van der Waals surface area contributed by atoms with Crippen molar-refractivity contribution in [3.8, 4) is 11.8 Å². The fourth-order valence-electron chi connectivity index (χ4n) is 15.0. The van der Waals surface area contributed by atoms with Crippen LogP contribution in [-0.2, 0) is 25.5 Å². The van der Waals surface area contributed by atoms with Crippen molar-refractivity contribution < 1.29 is 34.4 Å². The highest BCUT2D eigenvalue weighted by Gasteiger charge is 2.78. The zero-order valence-electron chi connectivity index (χ0n) is 36.6. The quantitative estimate of drug-likeness (QED) is 0.142. The Balaban J connectivity index is 1.22. The van der Waals surface area contributed by atoms with Gasteiger partial charge in [0.2, 0.25) is 0 Å². The highest BCUT2D eigenvalue weighted by atomic mass is 16.5. The standard InChI is InChI=1S/C52H74O7/c1-37(15-12-18-38-16-6-4-7-17-38)21-22-42(53)52-43(54)24-31-48(3,40-19-8-5-9-20-40)45(52)41-34-47(2,51(52,57)32-23-39-33-44(55)58-35-39)25-13-29-50(46(56)59-41)30-14-28-49(36-50)26-10-11-27-49/h4,6-7,16-17,33,37,40-43,45,53-54,57H,5,8-12,14-15,18-24,26-32,34-36H2,1-3H3/t37-,41+,42+,43+,45+,47+,48+,50+,51-,52+/m1/s1. The van der Waals surface area contributed by atoms with Crippen LogP contribution in [0.15, 0.2) is 42.0 Å². The van der Waals surface area contributed by atoms with Crippen molar-refractivity contribution in [2.45, 2.75) is 199 Å². The predicted molar refractivity (Wildman–Crippen MR) is 230 cm³/mol. The van der Waals surface area contributed by atoms with Gasteiger partial charge in [0.25, 0.3) is 0 Å². The van der Waals surface area contributed by atoms with Crippen molar-refractivity contribution in [3.05, 3.63) is 47.5 Å². The van der Waals surface area contributed by atoms with Crippen LogP contribution in [0.1, 0.15) is 174 Å². The second kappa shape index (κ2) is 16.9. The lowest BCUT2D eigenvalue weighted by Gasteiger charge is -2.72. The summed E-state index contributed by atoms with van der Waals surface area (Å²) >= 11 is 0. The van der Waals surface area contributed by atoms with Crippen molar-refractivity contribution >= 4 is 11.9 Å². The molecular formula is C52H74O7. The molecule has 3 N–H and O–H groups in total. The third-order valence-electron chi connectivity index (χ3n) is 18.1. The van der Waals surface area contributed by atoms with E-state index < -0.39 is 51.5 Å². The lowest BCUT2D eigenvalue weighted by molar-refractivity contribution is -0.339. The van der Waals surface area contributed by atoms with Gasteiger partial charge in [0, 0.05) is 24.8 Å². The molecule has 2 spiro atoms. The molecule has 1 aromatic carbocycles. The Morgan fingerprint density at radius 1 is 0.881 bits per heavy atom. The molecule has 10 atom stereocenters. The maximum atomic E-state index is 15.2. The Morgan fingerprint density at radius 3 is 2.36 bits per heavy atom. The van der Waals surface area contributed by atoms with Gasteiger partial charge in [0.1, 0.15) is 12.7 Å². The number of rotatable bonds is 12. The number of cyclic esters (lactones) is 1. The third kappa shape index (κ3) is 7.66. The number of aliphatic hydroxyl groups excluding tert-OH is 2. The van der Waals surface area contributed by atoms with E-state index in [2.05, 4.69) is 56.0 Å². The maximum Gasteiger partial charge on any atom is 0.331 e. The summed E-state index contributed by atoms with van der Waals surface area (Å²) < 4.78 is 12.5. The van der Waals surface area contributed by atoms with Crippen LogP contribution < -0.4 is 0 Å². The summed E-state index contributed by atoms with van der Waals surface area (Å²) in [4.78, 5) is 27.6. The minimum absolute atomic E-state index is 0.134. The molecule has 59 heavy (non-hydrogen) atoms. The summed E-state index contributed by atoms with van der Waals surface area (Å²) in [5.74, 6) is 6.93. The molecule has 5 saturated carbocycles. The fourth-order valence-corrected chi connectivity index (χ4v) is 15.0. The first-order valence-electron chi connectivity index (χ1n) is 24.0. The van der Waals surface area contributed by atoms with Crippen LogP contribution >= 0.6 is 0 Å². The molecule has 8 rings (SSSR count). The van der Waals surface area contributed by atoms with E-state index in [9.17, 15) is 20.1 Å².